The lowest BCUT2D eigenvalue weighted by Crippen LogP contribution is -2.45. The molecule has 0 amide bonds. The van der Waals surface area contributed by atoms with Gasteiger partial charge in [-0.25, -0.2) is 0 Å². The first kappa shape index (κ1) is 13.6. The van der Waals surface area contributed by atoms with Gasteiger partial charge in [0.2, 0.25) is 0 Å². The molecule has 0 unspecified atom stereocenters. The molecule has 0 aromatic heterocycles. The first-order chi connectivity index (χ1) is 7.87. The first-order valence-corrected chi connectivity index (χ1v) is 6.00. The Morgan fingerprint density at radius 1 is 1.35 bits per heavy atom. The highest BCUT2D eigenvalue weighted by Crippen LogP contribution is 2.04. The molecule has 3 nitrogen and oxygen atoms in total. The van der Waals surface area contributed by atoms with Crippen molar-refractivity contribution in [1.29, 1.82) is 0 Å². The van der Waals surface area contributed by atoms with Crippen molar-refractivity contribution in [2.24, 2.45) is 10.7 Å². The second-order valence-corrected chi connectivity index (χ2v) is 5.38. The van der Waals surface area contributed by atoms with Crippen LogP contribution in [0, 0.1) is 6.92 Å². The van der Waals surface area contributed by atoms with Gasteiger partial charge in [-0.2, -0.15) is 0 Å². The average molecular weight is 233 g/mol. The largest absolute Gasteiger partial charge is 0.370 e. The molecule has 3 heteroatoms. The molecule has 0 saturated heterocycles. The van der Waals surface area contributed by atoms with Gasteiger partial charge in [-0.3, -0.25) is 4.99 Å². The molecule has 0 aliphatic carbocycles. The van der Waals surface area contributed by atoms with E-state index < -0.39 is 0 Å². The number of nitrogens with one attached hydrogen (secondary N) is 1. The van der Waals surface area contributed by atoms with Crippen LogP contribution in [0.2, 0.25) is 0 Å². The third kappa shape index (κ3) is 5.95. The molecule has 0 heterocycles. The van der Waals surface area contributed by atoms with E-state index in [0.29, 0.717) is 5.96 Å². The molecular weight excluding hydrogens is 210 g/mol. The summed E-state index contributed by atoms with van der Waals surface area (Å²) in [6.45, 7) is 9.02. The number of rotatable bonds is 3. The standard InChI is InChI=1S/C14H23N3/c1-11-6-5-7-12(10-11)8-9-16-13(15)17-14(2,3)4/h5-7,10H,8-9H2,1-4H3,(H3,15,16,17). The molecular formula is C14H23N3. The first-order valence-electron chi connectivity index (χ1n) is 6.00. The topological polar surface area (TPSA) is 50.4 Å². The van der Waals surface area contributed by atoms with E-state index >= 15 is 0 Å². The van der Waals surface area contributed by atoms with E-state index in [9.17, 15) is 0 Å². The highest BCUT2D eigenvalue weighted by molar-refractivity contribution is 5.78. The Labute approximate surface area is 104 Å². The normalized spacial score (nSPS) is 12.6. The maximum atomic E-state index is 5.79. The van der Waals surface area contributed by atoms with Gasteiger partial charge >= 0.3 is 0 Å². The van der Waals surface area contributed by atoms with Crippen molar-refractivity contribution in [2.45, 2.75) is 39.7 Å². The lowest BCUT2D eigenvalue weighted by molar-refractivity contribution is 0.508. The predicted molar refractivity (Wildman–Crippen MR) is 74.3 cm³/mol. The molecule has 0 aliphatic heterocycles. The highest BCUT2D eigenvalue weighted by atomic mass is 15.1. The Balaban J connectivity index is 2.44. The summed E-state index contributed by atoms with van der Waals surface area (Å²) in [5.41, 5.74) is 8.35. The van der Waals surface area contributed by atoms with E-state index in [1.165, 1.54) is 11.1 Å². The summed E-state index contributed by atoms with van der Waals surface area (Å²) >= 11 is 0. The zero-order valence-electron chi connectivity index (χ0n) is 11.2. The fraction of sp³-hybridized carbons (Fsp3) is 0.500. The second-order valence-electron chi connectivity index (χ2n) is 5.38. The molecule has 17 heavy (non-hydrogen) atoms. The van der Waals surface area contributed by atoms with Crippen molar-refractivity contribution in [3.8, 4) is 0 Å². The molecule has 3 N–H and O–H groups in total. The second kappa shape index (κ2) is 5.71. The molecule has 0 atom stereocenters. The van der Waals surface area contributed by atoms with Crippen molar-refractivity contribution < 1.29 is 0 Å². The Bertz CT molecular complexity index is 389. The van der Waals surface area contributed by atoms with Crippen LogP contribution in [0.15, 0.2) is 29.3 Å². The van der Waals surface area contributed by atoms with Crippen LogP contribution in [0.3, 0.4) is 0 Å². The van der Waals surface area contributed by atoms with Crippen LogP contribution >= 0.6 is 0 Å². The van der Waals surface area contributed by atoms with Crippen molar-refractivity contribution in [3.05, 3.63) is 35.4 Å². The number of nitrogens with two attached hydrogens (primary N) is 1. The van der Waals surface area contributed by atoms with Crippen molar-refractivity contribution in [2.75, 3.05) is 6.54 Å². The van der Waals surface area contributed by atoms with Gasteiger partial charge in [0, 0.05) is 12.1 Å². The Morgan fingerprint density at radius 3 is 2.65 bits per heavy atom. The van der Waals surface area contributed by atoms with Gasteiger partial charge in [0.25, 0.3) is 0 Å². The van der Waals surface area contributed by atoms with Crippen molar-refractivity contribution >= 4 is 5.96 Å². The summed E-state index contributed by atoms with van der Waals surface area (Å²) in [5, 5.41) is 3.14. The van der Waals surface area contributed by atoms with Crippen LogP contribution in [0.25, 0.3) is 0 Å². The minimum atomic E-state index is -0.0308. The molecule has 0 bridgehead atoms. The van der Waals surface area contributed by atoms with Gasteiger partial charge in [0.05, 0.1) is 0 Å². The minimum absolute atomic E-state index is 0.0308. The number of hydrogen-bond acceptors (Lipinski definition) is 1. The molecule has 1 aromatic carbocycles. The SMILES string of the molecule is Cc1cccc(CCN=C(N)NC(C)(C)C)c1. The van der Waals surface area contributed by atoms with Crippen LogP contribution in [-0.2, 0) is 6.42 Å². The molecule has 1 aromatic rings. The van der Waals surface area contributed by atoms with Crippen LogP contribution in [0.4, 0.5) is 0 Å². The maximum absolute atomic E-state index is 5.79. The lowest BCUT2D eigenvalue weighted by Gasteiger charge is -2.20. The van der Waals surface area contributed by atoms with E-state index in [0.717, 1.165) is 13.0 Å². The number of aryl methyl sites for hydroxylation is 1. The van der Waals surface area contributed by atoms with E-state index in [-0.39, 0.29) is 5.54 Å². The monoisotopic (exact) mass is 233 g/mol. The highest BCUT2D eigenvalue weighted by Gasteiger charge is 2.09. The summed E-state index contributed by atoms with van der Waals surface area (Å²) in [6.07, 6.45) is 0.925. The van der Waals surface area contributed by atoms with Gasteiger partial charge in [-0.15, -0.1) is 0 Å². The number of benzene rings is 1. The van der Waals surface area contributed by atoms with Gasteiger partial charge < -0.3 is 11.1 Å². The van der Waals surface area contributed by atoms with Gasteiger partial charge in [-0.1, -0.05) is 29.8 Å². The van der Waals surface area contributed by atoms with Crippen molar-refractivity contribution in [1.82, 2.24) is 5.32 Å². The van der Waals surface area contributed by atoms with E-state index in [4.69, 9.17) is 5.73 Å². The average Bonchev–Trinajstić information content (AvgIpc) is 2.14. The fourth-order valence-electron chi connectivity index (χ4n) is 1.60. The van der Waals surface area contributed by atoms with Gasteiger partial charge in [0.15, 0.2) is 5.96 Å². The van der Waals surface area contributed by atoms with Gasteiger partial charge in [0.1, 0.15) is 0 Å². The Hall–Kier alpha value is -1.51. The number of guanidine groups is 1. The predicted octanol–water partition coefficient (Wildman–Crippen LogP) is 2.24. The Kier molecular flexibility index (Phi) is 4.55. The third-order valence-corrected chi connectivity index (χ3v) is 2.27. The third-order valence-electron chi connectivity index (χ3n) is 2.27. The summed E-state index contributed by atoms with van der Waals surface area (Å²) in [5.74, 6) is 0.519. The van der Waals surface area contributed by atoms with Crippen molar-refractivity contribution in [3.63, 3.8) is 0 Å². The van der Waals surface area contributed by atoms with Crippen LogP contribution < -0.4 is 11.1 Å². The molecule has 94 valence electrons. The van der Waals surface area contributed by atoms with E-state index in [1.807, 2.05) is 0 Å². The quantitative estimate of drug-likeness (QED) is 0.621. The molecule has 0 fully saturated rings. The summed E-state index contributed by atoms with van der Waals surface area (Å²) in [6, 6.07) is 8.48. The zero-order valence-corrected chi connectivity index (χ0v) is 11.2. The smallest absolute Gasteiger partial charge is 0.188 e. The number of aliphatic imine (C=N–C) groups is 1. The molecule has 0 spiro atoms. The summed E-state index contributed by atoms with van der Waals surface area (Å²) in [7, 11) is 0. The maximum Gasteiger partial charge on any atom is 0.188 e. The number of nitrogens with zero attached hydrogens (tertiary/aromatic N) is 1. The van der Waals surface area contributed by atoms with Crippen LogP contribution in [0.1, 0.15) is 31.9 Å². The zero-order chi connectivity index (χ0) is 12.9. The molecule has 1 rings (SSSR count). The molecule has 0 aliphatic rings. The Morgan fingerprint density at radius 2 is 2.06 bits per heavy atom. The van der Waals surface area contributed by atoms with Gasteiger partial charge in [-0.05, 0) is 39.7 Å². The van der Waals surface area contributed by atoms with Crippen LogP contribution in [0.5, 0.6) is 0 Å². The fourth-order valence-corrected chi connectivity index (χ4v) is 1.60. The minimum Gasteiger partial charge on any atom is -0.370 e. The number of hydrogen-bond donors (Lipinski definition) is 2. The van der Waals surface area contributed by atoms with E-state index in [1.54, 1.807) is 0 Å². The summed E-state index contributed by atoms with van der Waals surface area (Å²) in [4.78, 5) is 4.32. The summed E-state index contributed by atoms with van der Waals surface area (Å²) < 4.78 is 0. The molecule has 0 saturated carbocycles. The molecule has 0 radical (unpaired) electrons. The van der Waals surface area contributed by atoms with Crippen LogP contribution in [-0.4, -0.2) is 18.0 Å². The lowest BCUT2D eigenvalue weighted by atomic mass is 10.1. The van der Waals surface area contributed by atoms with E-state index in [2.05, 4.69) is 62.3 Å².